The highest BCUT2D eigenvalue weighted by Gasteiger charge is 2.49. The first-order valence-electron chi connectivity index (χ1n) is 6.89. The minimum atomic E-state index is -0.891. The molecule has 7 heteroatoms. The zero-order valence-electron chi connectivity index (χ0n) is 11.3. The minimum Gasteiger partial charge on any atom is -0.480 e. The van der Waals surface area contributed by atoms with Crippen molar-refractivity contribution in [3.8, 4) is 0 Å². The first-order chi connectivity index (χ1) is 9.50. The van der Waals surface area contributed by atoms with E-state index in [0.717, 1.165) is 19.3 Å². The Kier molecular flexibility index (Phi) is 4.91. The Labute approximate surface area is 122 Å². The molecular formula is C13H20N2O4S. The minimum absolute atomic E-state index is 0.120. The maximum Gasteiger partial charge on any atom is 0.326 e. The smallest absolute Gasteiger partial charge is 0.326 e. The molecular weight excluding hydrogens is 280 g/mol. The molecule has 3 atom stereocenters. The summed E-state index contributed by atoms with van der Waals surface area (Å²) in [7, 11) is 0. The number of primary amides is 1. The fourth-order valence-corrected chi connectivity index (χ4v) is 4.02. The average Bonchev–Trinajstić information content (AvgIpc) is 2.92. The van der Waals surface area contributed by atoms with Crippen molar-refractivity contribution in [3.05, 3.63) is 0 Å². The number of nitrogens with zero attached hydrogens (tertiary/aromatic N) is 1. The van der Waals surface area contributed by atoms with E-state index in [-0.39, 0.29) is 24.0 Å². The highest BCUT2D eigenvalue weighted by atomic mass is 32.2. The summed E-state index contributed by atoms with van der Waals surface area (Å²) in [4.78, 5) is 35.7. The molecule has 0 radical (unpaired) electrons. The van der Waals surface area contributed by atoms with E-state index in [0.29, 0.717) is 18.2 Å². The zero-order valence-corrected chi connectivity index (χ0v) is 12.1. The summed E-state index contributed by atoms with van der Waals surface area (Å²) < 4.78 is 0. The molecule has 1 aliphatic heterocycles. The van der Waals surface area contributed by atoms with Gasteiger partial charge < -0.3 is 15.7 Å². The van der Waals surface area contributed by atoms with Crippen LogP contribution in [0.25, 0.3) is 0 Å². The lowest BCUT2D eigenvalue weighted by atomic mass is 9.94. The molecule has 6 nitrogen and oxygen atoms in total. The third-order valence-corrected chi connectivity index (χ3v) is 5.15. The van der Waals surface area contributed by atoms with Crippen LogP contribution in [0.3, 0.4) is 0 Å². The maximum absolute atomic E-state index is 12.2. The number of carboxylic acids is 1. The van der Waals surface area contributed by atoms with Crippen molar-refractivity contribution < 1.29 is 19.5 Å². The number of likely N-dealkylation sites (tertiary alicyclic amines) is 1. The molecule has 0 aromatic rings. The predicted molar refractivity (Wildman–Crippen MR) is 75.1 cm³/mol. The number of hydrogen-bond donors (Lipinski definition) is 2. The molecule has 112 valence electrons. The van der Waals surface area contributed by atoms with Gasteiger partial charge in [-0.1, -0.05) is 6.42 Å². The van der Waals surface area contributed by atoms with Gasteiger partial charge in [-0.2, -0.15) is 11.8 Å². The Hall–Kier alpha value is -1.24. The monoisotopic (exact) mass is 300 g/mol. The van der Waals surface area contributed by atoms with Crippen molar-refractivity contribution >= 4 is 29.5 Å². The largest absolute Gasteiger partial charge is 0.480 e. The molecule has 2 aliphatic rings. The number of carbonyl (C=O) groups is 3. The summed E-state index contributed by atoms with van der Waals surface area (Å²) in [6.07, 6.45) is 3.26. The zero-order chi connectivity index (χ0) is 14.7. The van der Waals surface area contributed by atoms with Crippen molar-refractivity contribution in [1.82, 2.24) is 4.90 Å². The molecule has 1 aliphatic carbocycles. The van der Waals surface area contributed by atoms with Gasteiger partial charge in [0, 0.05) is 18.7 Å². The van der Waals surface area contributed by atoms with Crippen LogP contribution in [0.2, 0.25) is 0 Å². The molecule has 3 unspecified atom stereocenters. The fourth-order valence-electron chi connectivity index (χ4n) is 3.35. The molecule has 1 saturated carbocycles. The highest BCUT2D eigenvalue weighted by Crippen LogP contribution is 2.42. The molecule has 2 amide bonds. The molecule has 0 aromatic heterocycles. The van der Waals surface area contributed by atoms with Gasteiger partial charge in [0.2, 0.25) is 11.8 Å². The Bertz CT molecular complexity index is 415. The average molecular weight is 300 g/mol. The third-order valence-electron chi connectivity index (χ3n) is 4.17. The van der Waals surface area contributed by atoms with E-state index in [1.54, 1.807) is 0 Å². The molecule has 20 heavy (non-hydrogen) atoms. The van der Waals surface area contributed by atoms with Gasteiger partial charge in [-0.3, -0.25) is 9.59 Å². The Balaban J connectivity index is 1.88. The Morgan fingerprint density at radius 1 is 1.30 bits per heavy atom. The summed E-state index contributed by atoms with van der Waals surface area (Å²) in [5.74, 6) is -0.253. The normalized spacial score (nSPS) is 28.4. The van der Waals surface area contributed by atoms with Gasteiger partial charge in [0.15, 0.2) is 0 Å². The lowest BCUT2D eigenvalue weighted by Gasteiger charge is -2.24. The molecule has 1 heterocycles. The highest BCUT2D eigenvalue weighted by molar-refractivity contribution is 7.99. The molecule has 0 spiro atoms. The first-order valence-corrected chi connectivity index (χ1v) is 8.04. The standard InChI is InChI=1S/C13H20N2O4S/c14-10(16)7-20-5-4-11(17)15-6-8-2-1-3-9(8)12(15)13(18)19/h8-9,12H,1-7H2,(H2,14,16)(H,18,19). The second-order valence-corrected chi connectivity index (χ2v) is 6.56. The van der Waals surface area contributed by atoms with E-state index in [1.807, 2.05) is 0 Å². The van der Waals surface area contributed by atoms with Gasteiger partial charge in [0.1, 0.15) is 6.04 Å². The van der Waals surface area contributed by atoms with Gasteiger partial charge in [0.25, 0.3) is 0 Å². The van der Waals surface area contributed by atoms with Crippen molar-refractivity contribution in [2.75, 3.05) is 18.1 Å². The summed E-state index contributed by atoms with van der Waals surface area (Å²) in [6.45, 7) is 0.570. The number of carboxylic acid groups (broad SMARTS) is 1. The SMILES string of the molecule is NC(=O)CSCCC(=O)N1CC2CCCC2C1C(=O)O. The van der Waals surface area contributed by atoms with Crippen LogP contribution < -0.4 is 5.73 Å². The second-order valence-electron chi connectivity index (χ2n) is 5.45. The van der Waals surface area contributed by atoms with Crippen LogP contribution >= 0.6 is 11.8 Å². The second kappa shape index (κ2) is 6.47. The lowest BCUT2D eigenvalue weighted by Crippen LogP contribution is -2.43. The number of hydrogen-bond acceptors (Lipinski definition) is 4. The summed E-state index contributed by atoms with van der Waals surface area (Å²) >= 11 is 1.31. The van der Waals surface area contributed by atoms with Gasteiger partial charge in [-0.15, -0.1) is 0 Å². The van der Waals surface area contributed by atoms with Crippen LogP contribution in [0, 0.1) is 11.8 Å². The van der Waals surface area contributed by atoms with Crippen molar-refractivity contribution in [2.45, 2.75) is 31.7 Å². The summed E-state index contributed by atoms with van der Waals surface area (Å²) in [6, 6.07) is -0.656. The van der Waals surface area contributed by atoms with Gasteiger partial charge in [-0.05, 0) is 24.7 Å². The number of fused-ring (bicyclic) bond motifs is 1. The maximum atomic E-state index is 12.2. The van der Waals surface area contributed by atoms with Crippen LogP contribution in [0.5, 0.6) is 0 Å². The van der Waals surface area contributed by atoms with Crippen LogP contribution in [0.4, 0.5) is 0 Å². The quantitative estimate of drug-likeness (QED) is 0.687. The third kappa shape index (κ3) is 3.26. The van der Waals surface area contributed by atoms with Gasteiger partial charge >= 0.3 is 5.97 Å². The molecule has 0 bridgehead atoms. The van der Waals surface area contributed by atoms with E-state index in [4.69, 9.17) is 5.73 Å². The van der Waals surface area contributed by atoms with E-state index in [9.17, 15) is 19.5 Å². The summed E-state index contributed by atoms with van der Waals surface area (Å²) in [5, 5.41) is 9.36. The number of thioether (sulfide) groups is 1. The van der Waals surface area contributed by atoms with Gasteiger partial charge in [-0.25, -0.2) is 4.79 Å². The van der Waals surface area contributed by atoms with Crippen LogP contribution in [-0.4, -0.2) is 51.9 Å². The number of nitrogens with two attached hydrogens (primary N) is 1. The molecule has 1 saturated heterocycles. The fraction of sp³-hybridized carbons (Fsp3) is 0.769. The molecule has 2 fully saturated rings. The number of aliphatic carboxylic acids is 1. The van der Waals surface area contributed by atoms with Crippen molar-refractivity contribution in [1.29, 1.82) is 0 Å². The Morgan fingerprint density at radius 3 is 2.70 bits per heavy atom. The predicted octanol–water partition coefficient (Wildman–Crippen LogP) is 0.307. The molecule has 2 rings (SSSR count). The van der Waals surface area contributed by atoms with E-state index in [2.05, 4.69) is 0 Å². The van der Waals surface area contributed by atoms with E-state index in [1.165, 1.54) is 16.7 Å². The summed E-state index contributed by atoms with van der Waals surface area (Å²) in [5.41, 5.74) is 5.02. The Morgan fingerprint density at radius 2 is 2.05 bits per heavy atom. The van der Waals surface area contributed by atoms with Gasteiger partial charge in [0.05, 0.1) is 5.75 Å². The molecule has 0 aromatic carbocycles. The van der Waals surface area contributed by atoms with Crippen LogP contribution in [0.1, 0.15) is 25.7 Å². The lowest BCUT2D eigenvalue weighted by molar-refractivity contribution is -0.149. The number of carbonyl (C=O) groups excluding carboxylic acids is 2. The van der Waals surface area contributed by atoms with Crippen molar-refractivity contribution in [2.24, 2.45) is 17.6 Å². The van der Waals surface area contributed by atoms with E-state index >= 15 is 0 Å². The molecule has 3 N–H and O–H groups in total. The van der Waals surface area contributed by atoms with Crippen molar-refractivity contribution in [3.63, 3.8) is 0 Å². The van der Waals surface area contributed by atoms with Crippen LogP contribution in [-0.2, 0) is 14.4 Å². The number of rotatable bonds is 6. The topological polar surface area (TPSA) is 101 Å². The first kappa shape index (κ1) is 15.2. The van der Waals surface area contributed by atoms with Crippen LogP contribution in [0.15, 0.2) is 0 Å². The van der Waals surface area contributed by atoms with E-state index < -0.39 is 17.9 Å². The number of amides is 2.